The number of anilines is 1. The molecule has 2 aromatic rings. The summed E-state index contributed by atoms with van der Waals surface area (Å²) >= 11 is 0. The van der Waals surface area contributed by atoms with Gasteiger partial charge in [-0.25, -0.2) is 0 Å². The molecule has 1 N–H and O–H groups in total. The van der Waals surface area contributed by atoms with Gasteiger partial charge in [-0.15, -0.1) is 0 Å². The van der Waals surface area contributed by atoms with E-state index in [0.717, 1.165) is 5.69 Å². The average Bonchev–Trinajstić information content (AvgIpc) is 2.40. The molecule has 92 valence electrons. The fourth-order valence-electron chi connectivity index (χ4n) is 1.80. The minimum Gasteiger partial charge on any atom is -0.377 e. The predicted molar refractivity (Wildman–Crippen MR) is 69.4 cm³/mol. The Bertz CT molecular complexity index is 543. The standard InChI is InChI=1S/C13H13N3O2/c1-10(15-11-5-4-8-14-9-11)12-6-2-3-7-13(12)16(17)18/h2-10,15H,1H3. The summed E-state index contributed by atoms with van der Waals surface area (Å²) in [5.41, 5.74) is 1.62. The molecule has 0 aliphatic carbocycles. The van der Waals surface area contributed by atoms with Crippen LogP contribution in [0.5, 0.6) is 0 Å². The SMILES string of the molecule is CC(Nc1cccnc1)c1ccccc1[N+](=O)[O-]. The molecular weight excluding hydrogens is 230 g/mol. The zero-order valence-corrected chi connectivity index (χ0v) is 9.91. The average molecular weight is 243 g/mol. The fraction of sp³-hybridized carbons (Fsp3) is 0.154. The summed E-state index contributed by atoms with van der Waals surface area (Å²) < 4.78 is 0. The van der Waals surface area contributed by atoms with Crippen LogP contribution in [-0.2, 0) is 0 Å². The molecule has 5 heteroatoms. The van der Waals surface area contributed by atoms with Gasteiger partial charge in [0.05, 0.1) is 22.2 Å². The van der Waals surface area contributed by atoms with Gasteiger partial charge >= 0.3 is 0 Å². The molecule has 5 nitrogen and oxygen atoms in total. The van der Waals surface area contributed by atoms with Gasteiger partial charge in [0.1, 0.15) is 0 Å². The number of pyridine rings is 1. The van der Waals surface area contributed by atoms with Gasteiger partial charge in [0.25, 0.3) is 5.69 Å². The lowest BCUT2D eigenvalue weighted by molar-refractivity contribution is -0.385. The second-order valence-electron chi connectivity index (χ2n) is 3.92. The lowest BCUT2D eigenvalue weighted by Crippen LogP contribution is -2.09. The minimum atomic E-state index is -0.364. The maximum atomic E-state index is 10.9. The molecule has 1 aromatic carbocycles. The van der Waals surface area contributed by atoms with Crippen molar-refractivity contribution < 1.29 is 4.92 Å². The molecule has 0 saturated carbocycles. The van der Waals surface area contributed by atoms with Crippen LogP contribution in [0.1, 0.15) is 18.5 Å². The first-order chi connectivity index (χ1) is 8.68. The molecular formula is C13H13N3O2. The molecule has 0 amide bonds. The van der Waals surface area contributed by atoms with Crippen molar-refractivity contribution in [1.29, 1.82) is 0 Å². The van der Waals surface area contributed by atoms with E-state index in [2.05, 4.69) is 10.3 Å². The smallest absolute Gasteiger partial charge is 0.274 e. The first-order valence-corrected chi connectivity index (χ1v) is 5.58. The lowest BCUT2D eigenvalue weighted by atomic mass is 10.1. The third-order valence-electron chi connectivity index (χ3n) is 2.64. The molecule has 2 rings (SSSR count). The predicted octanol–water partition coefficient (Wildman–Crippen LogP) is 3.16. The second-order valence-corrected chi connectivity index (χ2v) is 3.92. The fourth-order valence-corrected chi connectivity index (χ4v) is 1.80. The highest BCUT2D eigenvalue weighted by Gasteiger charge is 2.17. The van der Waals surface area contributed by atoms with Crippen LogP contribution in [0.25, 0.3) is 0 Å². The third-order valence-corrected chi connectivity index (χ3v) is 2.64. The van der Waals surface area contributed by atoms with E-state index in [1.165, 1.54) is 6.07 Å². The Morgan fingerprint density at radius 1 is 1.28 bits per heavy atom. The molecule has 0 saturated heterocycles. The van der Waals surface area contributed by atoms with Gasteiger partial charge in [0.2, 0.25) is 0 Å². The number of nitro benzene ring substituents is 1. The number of hydrogen-bond donors (Lipinski definition) is 1. The number of nitrogens with one attached hydrogen (secondary N) is 1. The molecule has 0 aliphatic heterocycles. The van der Waals surface area contributed by atoms with E-state index in [4.69, 9.17) is 0 Å². The molecule has 1 heterocycles. The van der Waals surface area contributed by atoms with E-state index < -0.39 is 0 Å². The highest BCUT2D eigenvalue weighted by molar-refractivity contribution is 5.48. The number of nitrogens with zero attached hydrogens (tertiary/aromatic N) is 2. The summed E-state index contributed by atoms with van der Waals surface area (Å²) in [5, 5.41) is 14.1. The van der Waals surface area contributed by atoms with Crippen molar-refractivity contribution in [2.45, 2.75) is 13.0 Å². The van der Waals surface area contributed by atoms with Crippen LogP contribution in [0.15, 0.2) is 48.8 Å². The van der Waals surface area contributed by atoms with Gasteiger partial charge in [-0.2, -0.15) is 0 Å². The van der Waals surface area contributed by atoms with Gasteiger partial charge in [0, 0.05) is 18.5 Å². The zero-order valence-electron chi connectivity index (χ0n) is 9.91. The molecule has 1 atom stereocenters. The zero-order chi connectivity index (χ0) is 13.0. The Balaban J connectivity index is 2.24. The third kappa shape index (κ3) is 2.63. The van der Waals surface area contributed by atoms with Crippen LogP contribution in [0, 0.1) is 10.1 Å². The molecule has 1 unspecified atom stereocenters. The van der Waals surface area contributed by atoms with E-state index in [1.807, 2.05) is 19.1 Å². The maximum absolute atomic E-state index is 10.9. The van der Waals surface area contributed by atoms with Crippen molar-refractivity contribution in [3.63, 3.8) is 0 Å². The van der Waals surface area contributed by atoms with E-state index in [1.54, 1.807) is 30.6 Å². The first-order valence-electron chi connectivity index (χ1n) is 5.58. The van der Waals surface area contributed by atoms with E-state index >= 15 is 0 Å². The summed E-state index contributed by atoms with van der Waals surface area (Å²) in [6, 6.07) is 10.3. The van der Waals surface area contributed by atoms with Crippen LogP contribution < -0.4 is 5.32 Å². The van der Waals surface area contributed by atoms with Crippen LogP contribution in [0.3, 0.4) is 0 Å². The Labute approximate surface area is 105 Å². The largest absolute Gasteiger partial charge is 0.377 e. The molecule has 0 aliphatic rings. The number of rotatable bonds is 4. The van der Waals surface area contributed by atoms with Crippen molar-refractivity contribution in [2.24, 2.45) is 0 Å². The van der Waals surface area contributed by atoms with Crippen molar-refractivity contribution in [1.82, 2.24) is 4.98 Å². The normalized spacial score (nSPS) is 11.8. The number of nitro groups is 1. The Morgan fingerprint density at radius 3 is 2.72 bits per heavy atom. The highest BCUT2D eigenvalue weighted by atomic mass is 16.6. The summed E-state index contributed by atoms with van der Waals surface area (Å²) in [6.45, 7) is 1.88. The van der Waals surface area contributed by atoms with Gasteiger partial charge in [-0.3, -0.25) is 15.1 Å². The minimum absolute atomic E-state index is 0.126. The van der Waals surface area contributed by atoms with E-state index in [9.17, 15) is 10.1 Å². The van der Waals surface area contributed by atoms with Crippen molar-refractivity contribution in [3.8, 4) is 0 Å². The second kappa shape index (κ2) is 5.27. The molecule has 18 heavy (non-hydrogen) atoms. The number of aromatic nitrogens is 1. The summed E-state index contributed by atoms with van der Waals surface area (Å²) in [7, 11) is 0. The van der Waals surface area contributed by atoms with Gasteiger partial charge in [0.15, 0.2) is 0 Å². The van der Waals surface area contributed by atoms with Gasteiger partial charge in [-0.05, 0) is 19.1 Å². The Kier molecular flexibility index (Phi) is 3.52. The summed E-state index contributed by atoms with van der Waals surface area (Å²) in [6.07, 6.45) is 3.37. The molecule has 0 bridgehead atoms. The number of para-hydroxylation sites is 1. The summed E-state index contributed by atoms with van der Waals surface area (Å²) in [4.78, 5) is 14.6. The van der Waals surface area contributed by atoms with Gasteiger partial charge in [-0.1, -0.05) is 18.2 Å². The quantitative estimate of drug-likeness (QED) is 0.661. The van der Waals surface area contributed by atoms with E-state index in [-0.39, 0.29) is 16.7 Å². The number of hydrogen-bond acceptors (Lipinski definition) is 4. The highest BCUT2D eigenvalue weighted by Crippen LogP contribution is 2.26. The molecule has 0 fully saturated rings. The molecule has 1 aromatic heterocycles. The van der Waals surface area contributed by atoms with Crippen molar-refractivity contribution in [2.75, 3.05) is 5.32 Å². The van der Waals surface area contributed by atoms with Crippen LogP contribution in [0.4, 0.5) is 11.4 Å². The van der Waals surface area contributed by atoms with E-state index in [0.29, 0.717) is 5.56 Å². The van der Waals surface area contributed by atoms with Crippen LogP contribution in [-0.4, -0.2) is 9.91 Å². The first kappa shape index (κ1) is 12.0. The topological polar surface area (TPSA) is 68.1 Å². The van der Waals surface area contributed by atoms with Crippen LogP contribution in [0.2, 0.25) is 0 Å². The van der Waals surface area contributed by atoms with Gasteiger partial charge < -0.3 is 5.32 Å². The van der Waals surface area contributed by atoms with Crippen LogP contribution >= 0.6 is 0 Å². The monoisotopic (exact) mass is 243 g/mol. The lowest BCUT2D eigenvalue weighted by Gasteiger charge is -2.15. The number of benzene rings is 1. The molecule has 0 radical (unpaired) electrons. The molecule has 0 spiro atoms. The van der Waals surface area contributed by atoms with Crippen molar-refractivity contribution in [3.05, 3.63) is 64.5 Å². The maximum Gasteiger partial charge on any atom is 0.274 e. The summed E-state index contributed by atoms with van der Waals surface area (Å²) in [5.74, 6) is 0. The Hall–Kier alpha value is -2.43. The van der Waals surface area contributed by atoms with Crippen molar-refractivity contribution >= 4 is 11.4 Å². The Morgan fingerprint density at radius 2 is 2.06 bits per heavy atom.